The number of ether oxygens (including phenoxy) is 2. The maximum atomic E-state index is 13.0. The molecule has 2 atom stereocenters. The van der Waals surface area contributed by atoms with Crippen LogP contribution in [0.1, 0.15) is 11.1 Å². The summed E-state index contributed by atoms with van der Waals surface area (Å²) in [4.78, 5) is 17.6. The van der Waals surface area contributed by atoms with Gasteiger partial charge in [0.1, 0.15) is 12.2 Å². The smallest absolute Gasteiger partial charge is 0.192 e. The fourth-order valence-corrected chi connectivity index (χ4v) is 3.93. The third-order valence-electron chi connectivity index (χ3n) is 5.43. The van der Waals surface area contributed by atoms with Gasteiger partial charge in [-0.3, -0.25) is 14.6 Å². The molecule has 0 amide bonds. The van der Waals surface area contributed by atoms with Crippen molar-refractivity contribution < 1.29 is 14.3 Å². The maximum absolute atomic E-state index is 13.0. The monoisotopic (exact) mass is 380 g/mol. The highest BCUT2D eigenvalue weighted by molar-refractivity contribution is 5.88. The van der Waals surface area contributed by atoms with Gasteiger partial charge in [0.15, 0.2) is 5.78 Å². The molecule has 5 heteroatoms. The lowest BCUT2D eigenvalue weighted by molar-refractivity contribution is -0.153. The van der Waals surface area contributed by atoms with Crippen molar-refractivity contribution in [3.05, 3.63) is 71.8 Å². The van der Waals surface area contributed by atoms with Gasteiger partial charge in [-0.05, 0) is 11.1 Å². The van der Waals surface area contributed by atoms with Crippen molar-refractivity contribution in [3.63, 3.8) is 0 Å². The second kappa shape index (κ2) is 9.43. The Morgan fingerprint density at radius 2 is 1.18 bits per heavy atom. The van der Waals surface area contributed by atoms with Crippen molar-refractivity contribution in [2.45, 2.75) is 25.3 Å². The number of benzene rings is 2. The first-order valence-electron chi connectivity index (χ1n) is 10.1. The summed E-state index contributed by atoms with van der Waals surface area (Å²) < 4.78 is 11.6. The quantitative estimate of drug-likeness (QED) is 0.770. The first kappa shape index (κ1) is 19.3. The van der Waals surface area contributed by atoms with E-state index in [1.807, 2.05) is 12.1 Å². The van der Waals surface area contributed by atoms with Gasteiger partial charge in [-0.15, -0.1) is 0 Å². The molecule has 0 spiro atoms. The van der Waals surface area contributed by atoms with Gasteiger partial charge >= 0.3 is 0 Å². The molecule has 2 aliphatic rings. The van der Waals surface area contributed by atoms with E-state index in [9.17, 15) is 4.79 Å². The molecule has 0 radical (unpaired) electrons. The average molecular weight is 380 g/mol. The number of Topliss-reactive ketones (excluding diaryl/α,β-unsaturated/α-hetero) is 1. The zero-order valence-electron chi connectivity index (χ0n) is 16.2. The molecule has 2 fully saturated rings. The Morgan fingerprint density at radius 3 is 1.61 bits per heavy atom. The molecule has 2 heterocycles. The third kappa shape index (κ3) is 5.06. The molecule has 2 aliphatic heterocycles. The molecule has 0 aromatic heterocycles. The number of carbonyl (C=O) groups is 1. The molecule has 148 valence electrons. The highest BCUT2D eigenvalue weighted by Gasteiger charge is 2.35. The van der Waals surface area contributed by atoms with Crippen LogP contribution in [-0.2, 0) is 27.4 Å². The number of hydrogen-bond acceptors (Lipinski definition) is 5. The summed E-state index contributed by atoms with van der Waals surface area (Å²) in [5.41, 5.74) is 2.53. The Hall–Kier alpha value is -2.05. The summed E-state index contributed by atoms with van der Waals surface area (Å²) in [5, 5.41) is 0. The molecule has 4 rings (SSSR count). The molecule has 2 aromatic carbocycles. The van der Waals surface area contributed by atoms with Crippen LogP contribution < -0.4 is 0 Å². The van der Waals surface area contributed by atoms with Gasteiger partial charge in [0.2, 0.25) is 0 Å². The summed E-state index contributed by atoms with van der Waals surface area (Å²) >= 11 is 0. The molecule has 28 heavy (non-hydrogen) atoms. The van der Waals surface area contributed by atoms with Gasteiger partial charge in [0.25, 0.3) is 0 Å². The van der Waals surface area contributed by atoms with E-state index in [0.717, 1.165) is 26.2 Å². The summed E-state index contributed by atoms with van der Waals surface area (Å²) in [6, 6.07) is 20.7. The van der Waals surface area contributed by atoms with Crippen molar-refractivity contribution in [2.75, 3.05) is 39.4 Å². The van der Waals surface area contributed by atoms with Gasteiger partial charge in [0, 0.05) is 39.3 Å². The zero-order chi connectivity index (χ0) is 19.2. The summed E-state index contributed by atoms with van der Waals surface area (Å²) in [7, 11) is 0. The number of ketones is 1. The van der Waals surface area contributed by atoms with Crippen molar-refractivity contribution >= 4 is 5.78 Å². The molecule has 2 unspecified atom stereocenters. The van der Waals surface area contributed by atoms with Gasteiger partial charge in [-0.25, -0.2) is 0 Å². The number of morpholine rings is 2. The van der Waals surface area contributed by atoms with Crippen LogP contribution in [0.5, 0.6) is 0 Å². The molecule has 5 nitrogen and oxygen atoms in total. The third-order valence-corrected chi connectivity index (χ3v) is 5.43. The zero-order valence-corrected chi connectivity index (χ0v) is 16.2. The lowest BCUT2D eigenvalue weighted by Gasteiger charge is -2.37. The Bertz CT molecular complexity index is 689. The minimum Gasteiger partial charge on any atom is -0.368 e. The summed E-state index contributed by atoms with van der Waals surface area (Å²) in [6.45, 7) is 5.83. The van der Waals surface area contributed by atoms with Gasteiger partial charge in [-0.1, -0.05) is 60.7 Å². The van der Waals surface area contributed by atoms with Gasteiger partial charge in [0.05, 0.1) is 13.2 Å². The Labute approximate surface area is 166 Å². The van der Waals surface area contributed by atoms with E-state index in [4.69, 9.17) is 9.47 Å². The number of nitrogens with zero attached hydrogens (tertiary/aromatic N) is 2. The van der Waals surface area contributed by atoms with Crippen LogP contribution in [0.2, 0.25) is 0 Å². The second-order valence-corrected chi connectivity index (χ2v) is 7.56. The van der Waals surface area contributed by atoms with Gasteiger partial charge in [-0.2, -0.15) is 0 Å². The minimum atomic E-state index is -0.404. The molecule has 2 saturated heterocycles. The van der Waals surface area contributed by atoms with Crippen molar-refractivity contribution in [3.8, 4) is 0 Å². The van der Waals surface area contributed by atoms with Crippen LogP contribution in [0, 0.1) is 0 Å². The van der Waals surface area contributed by atoms with Crippen molar-refractivity contribution in [1.82, 2.24) is 9.80 Å². The van der Waals surface area contributed by atoms with Crippen LogP contribution in [0.25, 0.3) is 0 Å². The van der Waals surface area contributed by atoms with E-state index in [1.54, 1.807) is 0 Å². The van der Waals surface area contributed by atoms with E-state index in [-0.39, 0.29) is 5.78 Å². The second-order valence-electron chi connectivity index (χ2n) is 7.56. The maximum Gasteiger partial charge on any atom is 0.192 e. The fraction of sp³-hybridized carbons (Fsp3) is 0.435. The largest absolute Gasteiger partial charge is 0.368 e. The minimum absolute atomic E-state index is 0.0792. The topological polar surface area (TPSA) is 42.0 Å². The van der Waals surface area contributed by atoms with E-state index in [0.29, 0.717) is 26.3 Å². The highest BCUT2D eigenvalue weighted by atomic mass is 16.5. The number of rotatable bonds is 6. The molecule has 0 aliphatic carbocycles. The predicted octanol–water partition coefficient (Wildman–Crippen LogP) is 2.36. The van der Waals surface area contributed by atoms with Gasteiger partial charge < -0.3 is 9.47 Å². The first-order chi connectivity index (χ1) is 13.8. The van der Waals surface area contributed by atoms with Crippen molar-refractivity contribution in [2.24, 2.45) is 0 Å². The molecular weight excluding hydrogens is 352 g/mol. The standard InChI is InChI=1S/C23H28N2O3/c26-23(21-17-24(11-13-27-21)15-19-7-3-1-4-8-19)22-18-25(12-14-28-22)16-20-9-5-2-6-10-20/h1-10,21-22H,11-18H2. The molecular formula is C23H28N2O3. The molecule has 0 bridgehead atoms. The summed E-state index contributed by atoms with van der Waals surface area (Å²) in [5.74, 6) is 0.0792. The molecule has 0 saturated carbocycles. The number of hydrogen-bond donors (Lipinski definition) is 0. The predicted molar refractivity (Wildman–Crippen MR) is 108 cm³/mol. The average Bonchev–Trinajstić information content (AvgIpc) is 2.75. The van der Waals surface area contributed by atoms with E-state index in [2.05, 4.69) is 58.3 Å². The Kier molecular flexibility index (Phi) is 6.49. The van der Waals surface area contributed by atoms with Crippen molar-refractivity contribution in [1.29, 1.82) is 0 Å². The van der Waals surface area contributed by atoms with Crippen LogP contribution in [0.4, 0.5) is 0 Å². The number of carbonyl (C=O) groups excluding carboxylic acids is 1. The normalized spacial score (nSPS) is 24.1. The lowest BCUT2D eigenvalue weighted by Crippen LogP contribution is -2.53. The van der Waals surface area contributed by atoms with Crippen LogP contribution in [0.15, 0.2) is 60.7 Å². The SMILES string of the molecule is O=C(C1CN(Cc2ccccc2)CCO1)C1CN(Cc2ccccc2)CCO1. The van der Waals surface area contributed by atoms with E-state index < -0.39 is 12.2 Å². The van der Waals surface area contributed by atoms with Crippen LogP contribution in [0.3, 0.4) is 0 Å². The molecule has 2 aromatic rings. The van der Waals surface area contributed by atoms with Crippen LogP contribution >= 0.6 is 0 Å². The van der Waals surface area contributed by atoms with Crippen LogP contribution in [-0.4, -0.2) is 67.2 Å². The first-order valence-corrected chi connectivity index (χ1v) is 10.1. The Morgan fingerprint density at radius 1 is 0.750 bits per heavy atom. The van der Waals surface area contributed by atoms with E-state index >= 15 is 0 Å². The van der Waals surface area contributed by atoms with E-state index in [1.165, 1.54) is 11.1 Å². The fourth-order valence-electron chi connectivity index (χ4n) is 3.93. The Balaban J connectivity index is 1.32. The summed E-state index contributed by atoms with van der Waals surface area (Å²) in [6.07, 6.45) is -0.807. The lowest BCUT2D eigenvalue weighted by atomic mass is 10.1. The highest BCUT2D eigenvalue weighted by Crippen LogP contribution is 2.17. The molecule has 0 N–H and O–H groups in total.